The third-order valence-electron chi connectivity index (χ3n) is 5.26. The van der Waals surface area contributed by atoms with Crippen molar-refractivity contribution in [3.63, 3.8) is 0 Å². The summed E-state index contributed by atoms with van der Waals surface area (Å²) in [7, 11) is 0. The Balaban J connectivity index is 1.38. The molecule has 1 amide bonds. The molecule has 2 aromatic heterocycles. The van der Waals surface area contributed by atoms with Crippen LogP contribution in [0.15, 0.2) is 23.6 Å². The summed E-state index contributed by atoms with van der Waals surface area (Å²) in [6.07, 6.45) is 3.13. The Labute approximate surface area is 151 Å². The smallest absolute Gasteiger partial charge is 0.263 e. The van der Waals surface area contributed by atoms with E-state index in [4.69, 9.17) is 0 Å². The molecule has 134 valence electrons. The maximum atomic E-state index is 12.5. The van der Waals surface area contributed by atoms with Crippen LogP contribution in [0, 0.1) is 0 Å². The van der Waals surface area contributed by atoms with Crippen LogP contribution >= 0.6 is 11.3 Å². The van der Waals surface area contributed by atoms with Crippen LogP contribution in [0.5, 0.6) is 0 Å². The van der Waals surface area contributed by atoms with Gasteiger partial charge in [0.05, 0.1) is 22.9 Å². The zero-order valence-electron chi connectivity index (χ0n) is 14.3. The predicted octanol–water partition coefficient (Wildman–Crippen LogP) is 1.95. The second kappa shape index (κ2) is 7.27. The first kappa shape index (κ1) is 16.8. The van der Waals surface area contributed by atoms with E-state index in [1.807, 2.05) is 33.2 Å². The molecule has 1 N–H and O–H groups in total. The number of aromatic nitrogens is 2. The number of rotatable bonds is 3. The van der Waals surface area contributed by atoms with E-state index in [1.54, 1.807) is 0 Å². The molecule has 0 atom stereocenters. The van der Waals surface area contributed by atoms with E-state index >= 15 is 0 Å². The van der Waals surface area contributed by atoms with Gasteiger partial charge in [-0.05, 0) is 36.8 Å². The highest BCUT2D eigenvalue weighted by atomic mass is 32.1. The molecule has 2 aliphatic rings. The van der Waals surface area contributed by atoms with Gasteiger partial charge in [0.25, 0.3) is 5.91 Å². The number of aliphatic hydroxyl groups is 1. The lowest BCUT2D eigenvalue weighted by atomic mass is 10.0. The molecule has 2 aliphatic heterocycles. The van der Waals surface area contributed by atoms with Crippen molar-refractivity contribution < 1.29 is 9.90 Å². The van der Waals surface area contributed by atoms with Gasteiger partial charge in [-0.2, -0.15) is 5.10 Å². The van der Waals surface area contributed by atoms with Crippen LogP contribution in [0.25, 0.3) is 0 Å². The Kier molecular flexibility index (Phi) is 4.87. The Bertz CT molecular complexity index is 720. The highest BCUT2D eigenvalue weighted by molar-refractivity contribution is 7.12. The van der Waals surface area contributed by atoms with Gasteiger partial charge in [0.15, 0.2) is 0 Å². The summed E-state index contributed by atoms with van der Waals surface area (Å²) in [5.74, 6) is 0.176. The maximum Gasteiger partial charge on any atom is 0.263 e. The lowest BCUT2D eigenvalue weighted by Crippen LogP contribution is -2.46. The zero-order valence-corrected chi connectivity index (χ0v) is 15.1. The Morgan fingerprint density at radius 1 is 1.28 bits per heavy atom. The molecule has 0 saturated carbocycles. The molecule has 0 radical (unpaired) electrons. The van der Waals surface area contributed by atoms with Crippen molar-refractivity contribution in [2.24, 2.45) is 0 Å². The van der Waals surface area contributed by atoms with Crippen molar-refractivity contribution in [1.29, 1.82) is 0 Å². The Morgan fingerprint density at radius 2 is 2.12 bits per heavy atom. The van der Waals surface area contributed by atoms with Crippen LogP contribution in [-0.4, -0.2) is 56.3 Å². The van der Waals surface area contributed by atoms with E-state index in [0.29, 0.717) is 6.04 Å². The number of hydrogen-bond donors (Lipinski definition) is 1. The van der Waals surface area contributed by atoms with E-state index in [9.17, 15) is 9.90 Å². The first-order valence-electron chi connectivity index (χ1n) is 8.98. The molecule has 0 unspecified atom stereocenters. The van der Waals surface area contributed by atoms with E-state index < -0.39 is 0 Å². The van der Waals surface area contributed by atoms with Crippen LogP contribution < -0.4 is 0 Å². The van der Waals surface area contributed by atoms with Crippen molar-refractivity contribution in [2.45, 2.75) is 45.0 Å². The summed E-state index contributed by atoms with van der Waals surface area (Å²) in [6.45, 7) is 4.54. The average Bonchev–Trinajstić information content (AvgIpc) is 3.27. The molecule has 25 heavy (non-hydrogen) atoms. The number of aryl methyl sites for hydroxylation is 1. The Hall–Kier alpha value is -1.70. The van der Waals surface area contributed by atoms with Crippen LogP contribution in [0.2, 0.25) is 0 Å². The number of hydrogen-bond acceptors (Lipinski definition) is 5. The number of likely N-dealkylation sites (tertiary alicyclic amines) is 1. The van der Waals surface area contributed by atoms with E-state index in [-0.39, 0.29) is 12.5 Å². The fourth-order valence-corrected chi connectivity index (χ4v) is 4.62. The van der Waals surface area contributed by atoms with Gasteiger partial charge in [-0.15, -0.1) is 11.3 Å². The van der Waals surface area contributed by atoms with Gasteiger partial charge in [0.1, 0.15) is 0 Å². The second-order valence-corrected chi connectivity index (χ2v) is 7.78. The first-order valence-corrected chi connectivity index (χ1v) is 9.86. The number of nitrogens with zero attached hydrogens (tertiary/aromatic N) is 4. The van der Waals surface area contributed by atoms with Gasteiger partial charge < -0.3 is 10.0 Å². The summed E-state index contributed by atoms with van der Waals surface area (Å²) >= 11 is 1.52. The predicted molar refractivity (Wildman–Crippen MR) is 96.4 cm³/mol. The van der Waals surface area contributed by atoms with Gasteiger partial charge in [-0.1, -0.05) is 6.07 Å². The SMILES string of the molecule is O=C(c1cccs1)N1CCC(N2CCCn3nc(CO)cc3C2)CC1. The standard InChI is InChI=1S/C18H24N4O2S/c23-13-14-11-16-12-21(6-2-7-22(16)19-14)15-4-8-20(9-5-15)18(24)17-3-1-10-25-17/h1,3,10-11,15,23H,2,4-9,12-13H2. The summed E-state index contributed by atoms with van der Waals surface area (Å²) in [4.78, 5) is 17.9. The molecule has 0 bridgehead atoms. The average molecular weight is 360 g/mol. The number of carbonyl (C=O) groups is 1. The molecule has 7 heteroatoms. The summed E-state index contributed by atoms with van der Waals surface area (Å²) < 4.78 is 2.04. The molecule has 0 spiro atoms. The Morgan fingerprint density at radius 3 is 2.84 bits per heavy atom. The van der Waals surface area contributed by atoms with Gasteiger partial charge in [-0.3, -0.25) is 14.4 Å². The number of carbonyl (C=O) groups excluding carboxylic acids is 1. The van der Waals surface area contributed by atoms with Crippen molar-refractivity contribution in [3.05, 3.63) is 39.8 Å². The van der Waals surface area contributed by atoms with Crippen LogP contribution in [0.4, 0.5) is 0 Å². The van der Waals surface area contributed by atoms with Crippen LogP contribution in [0.3, 0.4) is 0 Å². The van der Waals surface area contributed by atoms with Crippen LogP contribution in [-0.2, 0) is 19.7 Å². The van der Waals surface area contributed by atoms with E-state index in [0.717, 1.165) is 62.6 Å². The van der Waals surface area contributed by atoms with Gasteiger partial charge >= 0.3 is 0 Å². The monoisotopic (exact) mass is 360 g/mol. The zero-order chi connectivity index (χ0) is 17.2. The summed E-state index contributed by atoms with van der Waals surface area (Å²) in [6, 6.07) is 6.39. The number of aliphatic hydroxyl groups excluding tert-OH is 1. The van der Waals surface area contributed by atoms with Gasteiger partial charge in [0, 0.05) is 38.8 Å². The minimum atomic E-state index is 0.00319. The molecule has 0 aliphatic carbocycles. The molecule has 2 aromatic rings. The topological polar surface area (TPSA) is 61.6 Å². The fourth-order valence-electron chi connectivity index (χ4n) is 3.93. The molecule has 6 nitrogen and oxygen atoms in total. The molecule has 1 fully saturated rings. The van der Waals surface area contributed by atoms with Gasteiger partial charge in [-0.25, -0.2) is 0 Å². The number of piperidine rings is 1. The highest BCUT2D eigenvalue weighted by Gasteiger charge is 2.29. The van der Waals surface area contributed by atoms with E-state index in [1.165, 1.54) is 17.0 Å². The molecule has 4 heterocycles. The minimum Gasteiger partial charge on any atom is -0.390 e. The second-order valence-electron chi connectivity index (χ2n) is 6.83. The first-order chi connectivity index (χ1) is 12.2. The van der Waals surface area contributed by atoms with Crippen molar-refractivity contribution in [3.8, 4) is 0 Å². The summed E-state index contributed by atoms with van der Waals surface area (Å²) in [5.41, 5.74) is 1.95. The quantitative estimate of drug-likeness (QED) is 0.909. The largest absolute Gasteiger partial charge is 0.390 e. The van der Waals surface area contributed by atoms with Crippen molar-refractivity contribution >= 4 is 17.2 Å². The van der Waals surface area contributed by atoms with Gasteiger partial charge in [0.2, 0.25) is 0 Å². The third kappa shape index (κ3) is 3.49. The van der Waals surface area contributed by atoms with Crippen molar-refractivity contribution in [2.75, 3.05) is 19.6 Å². The highest BCUT2D eigenvalue weighted by Crippen LogP contribution is 2.24. The van der Waals surface area contributed by atoms with Crippen LogP contribution in [0.1, 0.15) is 40.3 Å². The molecule has 4 rings (SSSR count). The lowest BCUT2D eigenvalue weighted by Gasteiger charge is -2.37. The normalized spacial score (nSPS) is 19.6. The number of fused-ring (bicyclic) bond motifs is 1. The number of thiophene rings is 1. The van der Waals surface area contributed by atoms with Crippen molar-refractivity contribution in [1.82, 2.24) is 19.6 Å². The molecule has 1 saturated heterocycles. The molecular weight excluding hydrogens is 336 g/mol. The number of amides is 1. The summed E-state index contributed by atoms with van der Waals surface area (Å²) in [5, 5.41) is 15.7. The fraction of sp³-hybridized carbons (Fsp3) is 0.556. The molecular formula is C18H24N4O2S. The van der Waals surface area contributed by atoms with E-state index in [2.05, 4.69) is 10.00 Å². The lowest BCUT2D eigenvalue weighted by molar-refractivity contribution is 0.0614. The maximum absolute atomic E-state index is 12.5. The third-order valence-corrected chi connectivity index (χ3v) is 6.11. The molecule has 0 aromatic carbocycles. The minimum absolute atomic E-state index is 0.00319.